The summed E-state index contributed by atoms with van der Waals surface area (Å²) in [7, 11) is 0. The summed E-state index contributed by atoms with van der Waals surface area (Å²) in [5.74, 6) is 1.93. The van der Waals surface area contributed by atoms with Crippen molar-refractivity contribution in [1.82, 2.24) is 4.57 Å². The van der Waals surface area contributed by atoms with Crippen LogP contribution in [-0.2, 0) is 11.3 Å². The second-order valence-corrected chi connectivity index (χ2v) is 6.67. The van der Waals surface area contributed by atoms with Gasteiger partial charge in [-0.1, -0.05) is 29.8 Å². The molecule has 0 radical (unpaired) electrons. The number of aromatic nitrogens is 1. The summed E-state index contributed by atoms with van der Waals surface area (Å²) in [6, 6.07) is 13.1. The van der Waals surface area contributed by atoms with E-state index in [9.17, 15) is 0 Å². The lowest BCUT2D eigenvalue weighted by Gasteiger charge is -2.09. The van der Waals surface area contributed by atoms with Crippen LogP contribution in [0, 0.1) is 6.92 Å². The fourth-order valence-electron chi connectivity index (χ4n) is 2.59. The zero-order chi connectivity index (χ0) is 15.4. The Morgan fingerprint density at radius 1 is 1.27 bits per heavy atom. The Morgan fingerprint density at radius 3 is 2.86 bits per heavy atom. The van der Waals surface area contributed by atoms with Gasteiger partial charge in [-0.25, -0.2) is 4.99 Å². The van der Waals surface area contributed by atoms with Crippen LogP contribution in [0.5, 0.6) is 0 Å². The summed E-state index contributed by atoms with van der Waals surface area (Å²) in [5, 5.41) is 0. The topological polar surface area (TPSA) is 26.5 Å². The molecule has 3 nitrogen and oxygen atoms in total. The van der Waals surface area contributed by atoms with Gasteiger partial charge in [-0.3, -0.25) is 0 Å². The van der Waals surface area contributed by atoms with E-state index in [-0.39, 0.29) is 0 Å². The number of ether oxygens (including phenoxy) is 1. The van der Waals surface area contributed by atoms with Crippen molar-refractivity contribution in [3.8, 4) is 0 Å². The second kappa shape index (κ2) is 7.05. The lowest BCUT2D eigenvalue weighted by atomic mass is 10.1. The number of benzene rings is 1. The molecule has 0 spiro atoms. The molecule has 1 aromatic heterocycles. The molecule has 22 heavy (non-hydrogen) atoms. The fourth-order valence-corrected chi connectivity index (χ4v) is 3.10. The van der Waals surface area contributed by atoms with Gasteiger partial charge in [0.25, 0.3) is 0 Å². The average molecular weight is 314 g/mol. The highest BCUT2D eigenvalue weighted by Gasteiger charge is 2.21. The van der Waals surface area contributed by atoms with Gasteiger partial charge in [0.1, 0.15) is 12.3 Å². The summed E-state index contributed by atoms with van der Waals surface area (Å²) < 4.78 is 8.03. The normalized spacial score (nSPS) is 17.4. The summed E-state index contributed by atoms with van der Waals surface area (Å²) in [6.45, 7) is 3.67. The maximum Gasteiger partial charge on any atom is 0.233 e. The Kier molecular flexibility index (Phi) is 4.88. The number of aliphatic imine (C=N–C) groups is 1. The third-order valence-corrected chi connectivity index (χ3v) is 4.53. The number of hydrogen-bond acceptors (Lipinski definition) is 3. The Hall–Kier alpha value is -1.68. The molecule has 0 amide bonds. The fraction of sp³-hybridized carbons (Fsp3) is 0.389. The predicted octanol–water partition coefficient (Wildman–Crippen LogP) is 3.74. The van der Waals surface area contributed by atoms with Gasteiger partial charge >= 0.3 is 0 Å². The highest BCUT2D eigenvalue weighted by atomic mass is 32.2. The van der Waals surface area contributed by atoms with Gasteiger partial charge in [-0.2, -0.15) is 11.8 Å². The smallest absolute Gasteiger partial charge is 0.233 e. The molecule has 1 aromatic carbocycles. The van der Waals surface area contributed by atoms with E-state index in [1.807, 2.05) is 11.8 Å². The first-order valence-electron chi connectivity index (χ1n) is 7.67. The second-order valence-electron chi connectivity index (χ2n) is 5.69. The Morgan fingerprint density at radius 2 is 2.09 bits per heavy atom. The number of rotatable bonds is 6. The van der Waals surface area contributed by atoms with E-state index in [0.29, 0.717) is 12.6 Å². The Bertz CT molecular complexity index is 645. The van der Waals surface area contributed by atoms with Crippen LogP contribution in [0.25, 0.3) is 0 Å². The molecule has 2 heterocycles. The molecule has 2 aromatic rings. The predicted molar refractivity (Wildman–Crippen MR) is 94.0 cm³/mol. The average Bonchev–Trinajstić information content (AvgIpc) is 3.16. The zero-order valence-corrected chi connectivity index (χ0v) is 14.0. The largest absolute Gasteiger partial charge is 0.474 e. The molecule has 116 valence electrons. The minimum absolute atomic E-state index is 0.310. The van der Waals surface area contributed by atoms with Crippen LogP contribution >= 0.6 is 11.8 Å². The van der Waals surface area contributed by atoms with Crippen LogP contribution in [-0.4, -0.2) is 35.1 Å². The van der Waals surface area contributed by atoms with Crippen molar-refractivity contribution in [2.45, 2.75) is 25.9 Å². The molecule has 0 N–H and O–H groups in total. The highest BCUT2D eigenvalue weighted by molar-refractivity contribution is 7.98. The zero-order valence-electron chi connectivity index (χ0n) is 13.2. The lowest BCUT2D eigenvalue weighted by Crippen LogP contribution is -2.10. The van der Waals surface area contributed by atoms with Crippen molar-refractivity contribution in [2.24, 2.45) is 4.99 Å². The van der Waals surface area contributed by atoms with Gasteiger partial charge in [0.2, 0.25) is 5.90 Å². The van der Waals surface area contributed by atoms with Gasteiger partial charge < -0.3 is 9.30 Å². The maximum absolute atomic E-state index is 5.82. The SMILES string of the molecule is CSCC[C@H]1COC(c2cccn2Cc2ccc(C)cc2)=N1. The molecule has 4 heteroatoms. The molecule has 0 saturated heterocycles. The van der Waals surface area contributed by atoms with E-state index in [4.69, 9.17) is 9.73 Å². The van der Waals surface area contributed by atoms with Crippen molar-refractivity contribution in [3.05, 3.63) is 59.4 Å². The van der Waals surface area contributed by atoms with Crippen molar-refractivity contribution in [2.75, 3.05) is 18.6 Å². The quantitative estimate of drug-likeness (QED) is 0.812. The molecule has 1 aliphatic rings. The van der Waals surface area contributed by atoms with E-state index in [2.05, 4.69) is 60.3 Å². The molecule has 1 atom stereocenters. The number of hydrogen-bond donors (Lipinski definition) is 0. The molecule has 1 aliphatic heterocycles. The highest BCUT2D eigenvalue weighted by Crippen LogP contribution is 2.17. The van der Waals surface area contributed by atoms with E-state index < -0.39 is 0 Å². The molecular weight excluding hydrogens is 292 g/mol. The van der Waals surface area contributed by atoms with Gasteiger partial charge in [-0.05, 0) is 43.0 Å². The maximum atomic E-state index is 5.82. The number of thioether (sulfide) groups is 1. The van der Waals surface area contributed by atoms with E-state index in [1.165, 1.54) is 11.1 Å². The third-order valence-electron chi connectivity index (χ3n) is 3.89. The van der Waals surface area contributed by atoms with Crippen LogP contribution < -0.4 is 0 Å². The molecule has 0 unspecified atom stereocenters. The third kappa shape index (κ3) is 3.55. The Balaban J connectivity index is 1.73. The summed E-state index contributed by atoms with van der Waals surface area (Å²) in [6.07, 6.45) is 5.31. The van der Waals surface area contributed by atoms with Crippen LogP contribution in [0.15, 0.2) is 47.6 Å². The van der Waals surface area contributed by atoms with Crippen molar-refractivity contribution < 1.29 is 4.74 Å². The standard InChI is InChI=1S/C18H22N2OS/c1-14-5-7-15(8-6-14)12-20-10-3-4-17(20)18-19-16(13-21-18)9-11-22-2/h3-8,10,16H,9,11-13H2,1-2H3/t16-/m0/s1. The van der Waals surface area contributed by atoms with E-state index in [1.54, 1.807) is 0 Å². The first kappa shape index (κ1) is 15.2. The number of nitrogens with zero attached hydrogens (tertiary/aromatic N) is 2. The summed E-state index contributed by atoms with van der Waals surface area (Å²) >= 11 is 1.86. The molecular formula is C18H22N2OS. The lowest BCUT2D eigenvalue weighted by molar-refractivity contribution is 0.314. The van der Waals surface area contributed by atoms with Crippen LogP contribution in [0.3, 0.4) is 0 Å². The monoisotopic (exact) mass is 314 g/mol. The van der Waals surface area contributed by atoms with Crippen molar-refractivity contribution in [3.63, 3.8) is 0 Å². The number of aryl methyl sites for hydroxylation is 1. The van der Waals surface area contributed by atoms with E-state index >= 15 is 0 Å². The molecule has 3 rings (SSSR count). The van der Waals surface area contributed by atoms with Crippen LogP contribution in [0.4, 0.5) is 0 Å². The minimum Gasteiger partial charge on any atom is -0.474 e. The van der Waals surface area contributed by atoms with Crippen molar-refractivity contribution >= 4 is 17.7 Å². The summed E-state index contributed by atoms with van der Waals surface area (Å²) in [5.41, 5.74) is 3.66. The van der Waals surface area contributed by atoms with Crippen molar-refractivity contribution in [1.29, 1.82) is 0 Å². The molecule has 0 bridgehead atoms. The summed E-state index contributed by atoms with van der Waals surface area (Å²) in [4.78, 5) is 4.74. The minimum atomic E-state index is 0.310. The van der Waals surface area contributed by atoms with Crippen LogP contribution in [0.1, 0.15) is 23.2 Å². The van der Waals surface area contributed by atoms with Gasteiger partial charge in [-0.15, -0.1) is 0 Å². The van der Waals surface area contributed by atoms with Gasteiger partial charge in [0, 0.05) is 12.7 Å². The Labute approximate surface area is 136 Å². The van der Waals surface area contributed by atoms with Crippen LogP contribution in [0.2, 0.25) is 0 Å². The molecule has 0 fully saturated rings. The molecule has 0 aliphatic carbocycles. The molecule has 0 saturated carbocycles. The van der Waals surface area contributed by atoms with Gasteiger partial charge in [0.05, 0.1) is 6.04 Å². The van der Waals surface area contributed by atoms with E-state index in [0.717, 1.165) is 30.3 Å². The first-order chi connectivity index (χ1) is 10.8. The van der Waals surface area contributed by atoms with Gasteiger partial charge in [0.15, 0.2) is 0 Å². The first-order valence-corrected chi connectivity index (χ1v) is 9.06.